The van der Waals surface area contributed by atoms with Gasteiger partial charge in [0.05, 0.1) is 0 Å². The van der Waals surface area contributed by atoms with Crippen LogP contribution in [0.1, 0.15) is 11.1 Å². The van der Waals surface area contributed by atoms with Crippen molar-refractivity contribution in [2.75, 3.05) is 31.5 Å². The number of rotatable bonds is 3. The summed E-state index contributed by atoms with van der Waals surface area (Å²) in [4.78, 5) is 16.4. The van der Waals surface area contributed by atoms with E-state index in [-0.39, 0.29) is 11.8 Å². The van der Waals surface area contributed by atoms with Gasteiger partial charge >= 0.3 is 6.03 Å². The van der Waals surface area contributed by atoms with E-state index < -0.39 is 0 Å². The van der Waals surface area contributed by atoms with Crippen LogP contribution >= 0.6 is 0 Å². The minimum atomic E-state index is -0.308. The first kappa shape index (κ1) is 16.5. The third kappa shape index (κ3) is 4.32. The van der Waals surface area contributed by atoms with Gasteiger partial charge in [-0.1, -0.05) is 29.8 Å². The maximum atomic E-state index is 12.9. The van der Waals surface area contributed by atoms with Gasteiger partial charge in [-0.2, -0.15) is 0 Å². The number of urea groups is 1. The standard InChI is InChI=1S/C19H22FN3O/c1-15-3-2-4-16(13-15)14-22-9-11-23(12-10-22)19(24)21-18-7-5-17(20)6-8-18/h2-8,13H,9-12,14H2,1H3,(H,21,24). The molecule has 0 bridgehead atoms. The van der Waals surface area contributed by atoms with Crippen molar-refractivity contribution in [1.82, 2.24) is 9.80 Å². The van der Waals surface area contributed by atoms with E-state index in [0.717, 1.165) is 19.6 Å². The fourth-order valence-electron chi connectivity index (χ4n) is 2.91. The first-order valence-corrected chi connectivity index (χ1v) is 8.19. The van der Waals surface area contributed by atoms with E-state index in [9.17, 15) is 9.18 Å². The first-order valence-electron chi connectivity index (χ1n) is 8.19. The lowest BCUT2D eigenvalue weighted by Crippen LogP contribution is -2.49. The quantitative estimate of drug-likeness (QED) is 0.937. The van der Waals surface area contributed by atoms with Gasteiger partial charge in [-0.05, 0) is 36.8 Å². The number of benzene rings is 2. The number of anilines is 1. The molecule has 4 nitrogen and oxygen atoms in total. The van der Waals surface area contributed by atoms with Crippen LogP contribution in [0.15, 0.2) is 48.5 Å². The number of nitrogens with one attached hydrogen (secondary N) is 1. The van der Waals surface area contributed by atoms with Gasteiger partial charge in [0.25, 0.3) is 0 Å². The summed E-state index contributed by atoms with van der Waals surface area (Å²) in [6.07, 6.45) is 0. The van der Waals surface area contributed by atoms with E-state index in [1.54, 1.807) is 17.0 Å². The van der Waals surface area contributed by atoms with Gasteiger partial charge in [-0.25, -0.2) is 9.18 Å². The fourth-order valence-corrected chi connectivity index (χ4v) is 2.91. The summed E-state index contributed by atoms with van der Waals surface area (Å²) in [7, 11) is 0. The van der Waals surface area contributed by atoms with Crippen LogP contribution in [0.3, 0.4) is 0 Å². The van der Waals surface area contributed by atoms with Crippen molar-refractivity contribution in [3.05, 3.63) is 65.5 Å². The molecule has 1 heterocycles. The van der Waals surface area contributed by atoms with Crippen LogP contribution in [-0.2, 0) is 6.54 Å². The van der Waals surface area contributed by atoms with Crippen LogP contribution in [0.4, 0.5) is 14.9 Å². The predicted molar refractivity (Wildman–Crippen MR) is 93.4 cm³/mol. The Morgan fingerprint density at radius 2 is 1.79 bits per heavy atom. The maximum absolute atomic E-state index is 12.9. The van der Waals surface area contributed by atoms with Crippen LogP contribution < -0.4 is 5.32 Å². The Hall–Kier alpha value is -2.40. The molecular formula is C19H22FN3O. The number of carbonyl (C=O) groups excluding carboxylic acids is 1. The number of hydrogen-bond donors (Lipinski definition) is 1. The molecule has 3 rings (SSSR count). The number of hydrogen-bond acceptors (Lipinski definition) is 2. The Morgan fingerprint density at radius 3 is 2.46 bits per heavy atom. The zero-order chi connectivity index (χ0) is 16.9. The van der Waals surface area contributed by atoms with Crippen molar-refractivity contribution in [3.63, 3.8) is 0 Å². The minimum Gasteiger partial charge on any atom is -0.322 e. The first-order chi connectivity index (χ1) is 11.6. The maximum Gasteiger partial charge on any atom is 0.321 e. The average molecular weight is 327 g/mol. The third-order valence-corrected chi connectivity index (χ3v) is 4.24. The van der Waals surface area contributed by atoms with Gasteiger partial charge in [0.15, 0.2) is 0 Å². The monoisotopic (exact) mass is 327 g/mol. The molecule has 1 aliphatic heterocycles. The highest BCUT2D eigenvalue weighted by atomic mass is 19.1. The summed E-state index contributed by atoms with van der Waals surface area (Å²) in [6, 6.07) is 14.2. The SMILES string of the molecule is Cc1cccc(CN2CCN(C(=O)Nc3ccc(F)cc3)CC2)c1. The van der Waals surface area contributed by atoms with Crippen molar-refractivity contribution in [2.45, 2.75) is 13.5 Å². The molecule has 24 heavy (non-hydrogen) atoms. The molecule has 0 unspecified atom stereocenters. The smallest absolute Gasteiger partial charge is 0.321 e. The number of aryl methyl sites for hydroxylation is 1. The van der Waals surface area contributed by atoms with Crippen molar-refractivity contribution in [3.8, 4) is 0 Å². The largest absolute Gasteiger partial charge is 0.322 e. The van der Waals surface area contributed by atoms with Crippen molar-refractivity contribution >= 4 is 11.7 Å². The van der Waals surface area contributed by atoms with Gasteiger partial charge in [0.2, 0.25) is 0 Å². The van der Waals surface area contributed by atoms with E-state index in [1.165, 1.54) is 23.3 Å². The molecule has 0 radical (unpaired) electrons. The molecule has 1 saturated heterocycles. The molecule has 1 aliphatic rings. The Morgan fingerprint density at radius 1 is 1.08 bits per heavy atom. The van der Waals surface area contributed by atoms with Crippen LogP contribution in [0.5, 0.6) is 0 Å². The average Bonchev–Trinajstić information content (AvgIpc) is 2.57. The Balaban J connectivity index is 1.49. The zero-order valence-electron chi connectivity index (χ0n) is 13.8. The molecule has 5 heteroatoms. The van der Waals surface area contributed by atoms with Gasteiger partial charge in [0, 0.05) is 38.4 Å². The van der Waals surface area contributed by atoms with Crippen molar-refractivity contribution in [2.24, 2.45) is 0 Å². The summed E-state index contributed by atoms with van der Waals surface area (Å²) >= 11 is 0. The summed E-state index contributed by atoms with van der Waals surface area (Å²) in [5.74, 6) is -0.308. The van der Waals surface area contributed by atoms with Gasteiger partial charge < -0.3 is 10.2 Å². The number of carbonyl (C=O) groups is 1. The van der Waals surface area contributed by atoms with Gasteiger partial charge in [-0.3, -0.25) is 4.90 Å². The van der Waals surface area contributed by atoms with E-state index in [0.29, 0.717) is 18.8 Å². The Bertz CT molecular complexity index is 694. The van der Waals surface area contributed by atoms with Crippen molar-refractivity contribution < 1.29 is 9.18 Å². The van der Waals surface area contributed by atoms with Crippen LogP contribution in [0.25, 0.3) is 0 Å². The normalized spacial score (nSPS) is 15.3. The van der Waals surface area contributed by atoms with Crippen LogP contribution in [0, 0.1) is 12.7 Å². The number of nitrogens with zero attached hydrogens (tertiary/aromatic N) is 2. The van der Waals surface area contributed by atoms with E-state index >= 15 is 0 Å². The second-order valence-electron chi connectivity index (χ2n) is 6.19. The van der Waals surface area contributed by atoms with Gasteiger partial charge in [0.1, 0.15) is 5.82 Å². The highest BCUT2D eigenvalue weighted by Crippen LogP contribution is 2.13. The lowest BCUT2D eigenvalue weighted by Gasteiger charge is -2.34. The predicted octanol–water partition coefficient (Wildman–Crippen LogP) is 3.48. The highest BCUT2D eigenvalue weighted by Gasteiger charge is 2.21. The molecule has 0 aliphatic carbocycles. The Labute approximate surface area is 141 Å². The molecule has 1 N–H and O–H groups in total. The summed E-state index contributed by atoms with van der Waals surface area (Å²) in [5.41, 5.74) is 3.19. The van der Waals surface area contributed by atoms with Crippen LogP contribution in [-0.4, -0.2) is 42.0 Å². The van der Waals surface area contributed by atoms with Crippen molar-refractivity contribution in [1.29, 1.82) is 0 Å². The molecule has 2 aromatic rings. The molecule has 0 saturated carbocycles. The molecule has 1 fully saturated rings. The third-order valence-electron chi connectivity index (χ3n) is 4.24. The fraction of sp³-hybridized carbons (Fsp3) is 0.316. The molecule has 126 valence electrons. The van der Waals surface area contributed by atoms with E-state index in [4.69, 9.17) is 0 Å². The van der Waals surface area contributed by atoms with Crippen LogP contribution in [0.2, 0.25) is 0 Å². The van der Waals surface area contributed by atoms with Gasteiger partial charge in [-0.15, -0.1) is 0 Å². The Kier molecular flexibility index (Phi) is 5.11. The topological polar surface area (TPSA) is 35.6 Å². The second kappa shape index (κ2) is 7.45. The second-order valence-corrected chi connectivity index (χ2v) is 6.19. The summed E-state index contributed by atoms with van der Waals surface area (Å²) in [5, 5.41) is 2.81. The molecule has 2 amide bonds. The number of piperazine rings is 1. The molecule has 2 aromatic carbocycles. The molecule has 0 aromatic heterocycles. The van der Waals surface area contributed by atoms with E-state index in [1.807, 2.05) is 0 Å². The minimum absolute atomic E-state index is 0.128. The summed E-state index contributed by atoms with van der Waals surface area (Å²) in [6.45, 7) is 6.10. The van der Waals surface area contributed by atoms with E-state index in [2.05, 4.69) is 41.4 Å². The number of halogens is 1. The molecular weight excluding hydrogens is 305 g/mol. The highest BCUT2D eigenvalue weighted by molar-refractivity contribution is 5.89. The lowest BCUT2D eigenvalue weighted by atomic mass is 10.1. The zero-order valence-corrected chi connectivity index (χ0v) is 13.8. The lowest BCUT2D eigenvalue weighted by molar-refractivity contribution is 0.143. The molecule has 0 spiro atoms. The summed E-state index contributed by atoms with van der Waals surface area (Å²) < 4.78 is 12.9. The number of amides is 2. The molecule has 0 atom stereocenters.